The first-order valence-corrected chi connectivity index (χ1v) is 11.4. The van der Waals surface area contributed by atoms with Gasteiger partial charge in [0.05, 0.1) is 12.6 Å². The summed E-state index contributed by atoms with van der Waals surface area (Å²) in [5.74, 6) is 0.442. The van der Waals surface area contributed by atoms with E-state index >= 15 is 0 Å². The van der Waals surface area contributed by atoms with E-state index in [1.54, 1.807) is 30.6 Å². The number of benzene rings is 1. The minimum atomic E-state index is -3.80. The van der Waals surface area contributed by atoms with Crippen LogP contribution in [0, 0.1) is 0 Å². The summed E-state index contributed by atoms with van der Waals surface area (Å²) in [6, 6.07) is 12.6. The Labute approximate surface area is 185 Å². The molecule has 9 heteroatoms. The first-order valence-electron chi connectivity index (χ1n) is 9.56. The van der Waals surface area contributed by atoms with Gasteiger partial charge in [-0.3, -0.25) is 4.98 Å². The van der Waals surface area contributed by atoms with Gasteiger partial charge in [0.15, 0.2) is 0 Å². The molecule has 4 rings (SSSR count). The molecule has 0 aliphatic carbocycles. The molecule has 31 heavy (non-hydrogen) atoms. The normalized spacial score (nSPS) is 11.7. The van der Waals surface area contributed by atoms with Crippen molar-refractivity contribution in [3.8, 4) is 5.88 Å². The van der Waals surface area contributed by atoms with Gasteiger partial charge in [-0.2, -0.15) is 0 Å². The van der Waals surface area contributed by atoms with Gasteiger partial charge in [-0.25, -0.2) is 17.4 Å². The summed E-state index contributed by atoms with van der Waals surface area (Å²) < 4.78 is 33.1. The van der Waals surface area contributed by atoms with Gasteiger partial charge >= 0.3 is 0 Å². The van der Waals surface area contributed by atoms with E-state index in [0.717, 1.165) is 22.1 Å². The van der Waals surface area contributed by atoms with Crippen LogP contribution in [0.1, 0.15) is 16.7 Å². The summed E-state index contributed by atoms with van der Waals surface area (Å²) >= 11 is 6.30. The van der Waals surface area contributed by atoms with E-state index in [1.165, 1.54) is 17.3 Å². The number of hydrogen-bond acceptors (Lipinski definition) is 6. The molecule has 0 radical (unpaired) electrons. The molecule has 0 atom stereocenters. The second kappa shape index (κ2) is 8.66. The summed E-state index contributed by atoms with van der Waals surface area (Å²) in [7, 11) is -0.440. The van der Waals surface area contributed by atoms with Gasteiger partial charge in [0, 0.05) is 43.0 Å². The number of hydrogen-bond donors (Lipinski definition) is 1. The van der Waals surface area contributed by atoms with Gasteiger partial charge in [-0.05, 0) is 41.9 Å². The molecule has 0 aliphatic heterocycles. The van der Waals surface area contributed by atoms with Crippen molar-refractivity contribution in [1.82, 2.24) is 19.3 Å². The highest BCUT2D eigenvalue weighted by Crippen LogP contribution is 2.29. The Morgan fingerprint density at radius 3 is 2.68 bits per heavy atom. The van der Waals surface area contributed by atoms with Crippen LogP contribution in [0.5, 0.6) is 5.88 Å². The van der Waals surface area contributed by atoms with E-state index in [9.17, 15) is 8.42 Å². The molecule has 4 aromatic rings. The van der Waals surface area contributed by atoms with E-state index in [1.807, 2.05) is 31.3 Å². The maximum Gasteiger partial charge on any atom is 0.269 e. The van der Waals surface area contributed by atoms with Crippen LogP contribution in [0.25, 0.3) is 10.9 Å². The highest BCUT2D eigenvalue weighted by atomic mass is 35.5. The number of rotatable bonds is 7. The van der Waals surface area contributed by atoms with Crippen LogP contribution in [-0.2, 0) is 23.0 Å². The maximum atomic E-state index is 13.3. The molecule has 0 amide bonds. The largest absolute Gasteiger partial charge is 0.481 e. The van der Waals surface area contributed by atoms with Gasteiger partial charge in [-0.15, -0.1) is 0 Å². The second-order valence-electron chi connectivity index (χ2n) is 7.01. The van der Waals surface area contributed by atoms with Crippen LogP contribution in [0.15, 0.2) is 66.0 Å². The van der Waals surface area contributed by atoms with E-state index in [4.69, 9.17) is 16.3 Å². The first-order chi connectivity index (χ1) is 14.9. The second-order valence-corrected chi connectivity index (χ2v) is 9.18. The Morgan fingerprint density at radius 1 is 1.16 bits per heavy atom. The minimum Gasteiger partial charge on any atom is -0.481 e. The van der Waals surface area contributed by atoms with Gasteiger partial charge in [0.25, 0.3) is 10.0 Å². The first kappa shape index (κ1) is 21.3. The highest BCUT2D eigenvalue weighted by molar-refractivity contribution is 7.90. The molecule has 0 aliphatic rings. The fourth-order valence-electron chi connectivity index (χ4n) is 3.48. The zero-order valence-electron chi connectivity index (χ0n) is 17.0. The monoisotopic (exact) mass is 456 g/mol. The van der Waals surface area contributed by atoms with Crippen molar-refractivity contribution in [2.45, 2.75) is 17.9 Å². The number of pyridine rings is 2. The van der Waals surface area contributed by atoms with Crippen LogP contribution in [0.2, 0.25) is 5.15 Å². The summed E-state index contributed by atoms with van der Waals surface area (Å²) in [5.41, 5.74) is 3.23. The molecule has 3 heterocycles. The van der Waals surface area contributed by atoms with Crippen molar-refractivity contribution >= 4 is 32.5 Å². The fraction of sp³-hybridized carbons (Fsp3) is 0.182. The van der Waals surface area contributed by atoms with Crippen molar-refractivity contribution in [1.29, 1.82) is 0 Å². The number of fused-ring (bicyclic) bond motifs is 1. The molecule has 0 unspecified atom stereocenters. The Balaban J connectivity index is 1.82. The third-order valence-electron chi connectivity index (χ3n) is 4.98. The molecule has 3 aromatic heterocycles. The van der Waals surface area contributed by atoms with Crippen LogP contribution in [0.3, 0.4) is 0 Å². The molecular formula is C22H21ClN4O3S. The quantitative estimate of drug-likeness (QED) is 0.427. The van der Waals surface area contributed by atoms with Crippen LogP contribution < -0.4 is 10.1 Å². The Hall–Kier alpha value is -2.94. The van der Waals surface area contributed by atoms with Crippen molar-refractivity contribution in [2.75, 3.05) is 14.2 Å². The molecule has 0 saturated heterocycles. The maximum absolute atomic E-state index is 13.3. The lowest BCUT2D eigenvalue weighted by Crippen LogP contribution is -2.12. The van der Waals surface area contributed by atoms with Crippen molar-refractivity contribution in [3.05, 3.63) is 82.9 Å². The van der Waals surface area contributed by atoms with Crippen LogP contribution in [-0.4, -0.2) is 36.5 Å². The molecule has 160 valence electrons. The molecule has 7 nitrogen and oxygen atoms in total. The van der Waals surface area contributed by atoms with E-state index in [0.29, 0.717) is 29.5 Å². The summed E-state index contributed by atoms with van der Waals surface area (Å²) in [6.45, 7) is 0.541. The zero-order chi connectivity index (χ0) is 22.0. The fourth-order valence-corrected chi connectivity index (χ4v) is 5.04. The lowest BCUT2D eigenvalue weighted by atomic mass is 10.0. The van der Waals surface area contributed by atoms with E-state index in [2.05, 4.69) is 15.3 Å². The van der Waals surface area contributed by atoms with Crippen LogP contribution >= 0.6 is 11.6 Å². The number of methoxy groups -OCH3 is 1. The van der Waals surface area contributed by atoms with Gasteiger partial charge in [-0.1, -0.05) is 29.8 Å². The zero-order valence-corrected chi connectivity index (χ0v) is 18.6. The van der Waals surface area contributed by atoms with Crippen molar-refractivity contribution in [2.24, 2.45) is 0 Å². The third kappa shape index (κ3) is 4.14. The van der Waals surface area contributed by atoms with Gasteiger partial charge in [0.1, 0.15) is 10.0 Å². The third-order valence-corrected chi connectivity index (χ3v) is 6.97. The van der Waals surface area contributed by atoms with Crippen molar-refractivity contribution in [3.63, 3.8) is 0 Å². The predicted octanol–water partition coefficient (Wildman–Crippen LogP) is 3.64. The molecule has 1 aromatic carbocycles. The van der Waals surface area contributed by atoms with Crippen molar-refractivity contribution < 1.29 is 13.2 Å². The molecule has 0 spiro atoms. The molecule has 0 fully saturated rings. The Bertz CT molecular complexity index is 1340. The summed E-state index contributed by atoms with van der Waals surface area (Å²) in [6.07, 6.45) is 5.07. The van der Waals surface area contributed by atoms with Gasteiger partial charge in [0.2, 0.25) is 5.88 Å². The highest BCUT2D eigenvalue weighted by Gasteiger charge is 2.21. The number of ether oxygens (including phenoxy) is 1. The SMILES string of the molecule is CNCc1cn(S(=O)(=O)c2cccnc2)c2cc(Cc3ccc(OC)nc3Cl)ccc12. The lowest BCUT2D eigenvalue weighted by Gasteiger charge is -2.09. The average molecular weight is 457 g/mol. The average Bonchev–Trinajstić information content (AvgIpc) is 3.14. The number of halogens is 1. The Morgan fingerprint density at radius 2 is 2.00 bits per heavy atom. The number of aromatic nitrogens is 3. The Kier molecular flexibility index (Phi) is 5.95. The topological polar surface area (TPSA) is 86.1 Å². The number of nitrogens with zero attached hydrogens (tertiary/aromatic N) is 3. The standard InChI is InChI=1S/C22H21ClN4O3S/c1-24-12-17-14-27(31(28,29)18-4-3-9-25-13-18)20-11-15(5-7-19(17)20)10-16-6-8-21(30-2)26-22(16)23/h3-9,11,13-14,24H,10,12H2,1-2H3. The molecular weight excluding hydrogens is 436 g/mol. The summed E-state index contributed by atoms with van der Waals surface area (Å²) in [5, 5.41) is 4.32. The predicted molar refractivity (Wildman–Crippen MR) is 120 cm³/mol. The smallest absolute Gasteiger partial charge is 0.269 e. The van der Waals surface area contributed by atoms with E-state index in [-0.39, 0.29) is 4.90 Å². The molecule has 1 N–H and O–H groups in total. The van der Waals surface area contributed by atoms with Gasteiger partial charge < -0.3 is 10.1 Å². The number of nitrogens with one attached hydrogen (secondary N) is 1. The lowest BCUT2D eigenvalue weighted by molar-refractivity contribution is 0.397. The molecule has 0 saturated carbocycles. The molecule has 0 bridgehead atoms. The minimum absolute atomic E-state index is 0.135. The summed E-state index contributed by atoms with van der Waals surface area (Å²) in [4.78, 5) is 8.30. The van der Waals surface area contributed by atoms with E-state index < -0.39 is 10.0 Å². The van der Waals surface area contributed by atoms with Crippen LogP contribution in [0.4, 0.5) is 0 Å².